The number of aromatic nitrogens is 2. The van der Waals surface area contributed by atoms with Gasteiger partial charge >= 0.3 is 5.97 Å². The van der Waals surface area contributed by atoms with Gasteiger partial charge in [-0.25, -0.2) is 4.68 Å². The number of rotatable bonds is 6. The first-order valence-corrected chi connectivity index (χ1v) is 7.10. The van der Waals surface area contributed by atoms with Crippen LogP contribution in [-0.4, -0.2) is 52.4 Å². The van der Waals surface area contributed by atoms with Crippen LogP contribution in [0.4, 0.5) is 0 Å². The summed E-state index contributed by atoms with van der Waals surface area (Å²) in [6.07, 6.45) is -0.0968. The number of aryl methyl sites for hydroxylation is 1. The molecule has 0 unspecified atom stereocenters. The zero-order valence-corrected chi connectivity index (χ0v) is 13.3. The summed E-state index contributed by atoms with van der Waals surface area (Å²) in [6, 6.07) is 9.01. The molecule has 0 aliphatic rings. The molecule has 2 aromatic rings. The summed E-state index contributed by atoms with van der Waals surface area (Å²) in [7, 11) is 3.16. The highest BCUT2D eigenvalue weighted by atomic mass is 16.5. The molecule has 0 bridgehead atoms. The molecule has 2 rings (SSSR count). The Kier molecular flexibility index (Phi) is 5.00. The summed E-state index contributed by atoms with van der Waals surface area (Å²) in [5.74, 6) is -0.505. The number of carboxylic acids is 1. The van der Waals surface area contributed by atoms with Crippen molar-refractivity contribution in [2.75, 3.05) is 20.7 Å². The van der Waals surface area contributed by atoms with E-state index in [1.807, 2.05) is 31.2 Å². The van der Waals surface area contributed by atoms with Gasteiger partial charge in [-0.1, -0.05) is 0 Å². The normalized spacial score (nSPS) is 10.4. The number of nitrogens with zero attached hydrogens (tertiary/aromatic N) is 3. The third kappa shape index (κ3) is 3.88. The molecule has 0 atom stereocenters. The van der Waals surface area contributed by atoms with Gasteiger partial charge in [-0.15, -0.1) is 0 Å². The van der Waals surface area contributed by atoms with Crippen LogP contribution < -0.4 is 4.74 Å². The first kappa shape index (κ1) is 16.5. The maximum atomic E-state index is 12.3. The second-order valence-electron chi connectivity index (χ2n) is 5.15. The van der Waals surface area contributed by atoms with Crippen LogP contribution in [0.2, 0.25) is 0 Å². The van der Waals surface area contributed by atoms with Gasteiger partial charge in [0.1, 0.15) is 5.75 Å². The van der Waals surface area contributed by atoms with E-state index in [-0.39, 0.29) is 24.6 Å². The van der Waals surface area contributed by atoms with Gasteiger partial charge in [0.25, 0.3) is 5.91 Å². The van der Waals surface area contributed by atoms with Gasteiger partial charge in [0.05, 0.1) is 19.2 Å². The van der Waals surface area contributed by atoms with E-state index >= 15 is 0 Å². The topological polar surface area (TPSA) is 84.7 Å². The number of aliphatic carboxylic acids is 1. The average Bonchev–Trinajstić information content (AvgIpc) is 2.93. The minimum absolute atomic E-state index is 0.0968. The molecular weight excluding hydrogens is 298 g/mol. The molecule has 1 amide bonds. The van der Waals surface area contributed by atoms with Gasteiger partial charge < -0.3 is 14.7 Å². The number of amides is 1. The number of benzene rings is 1. The summed E-state index contributed by atoms with van der Waals surface area (Å²) in [5, 5.41) is 13.0. The third-order valence-corrected chi connectivity index (χ3v) is 3.43. The predicted octanol–water partition coefficient (Wildman–Crippen LogP) is 1.74. The van der Waals surface area contributed by atoms with Crippen LogP contribution in [0.5, 0.6) is 5.75 Å². The number of carboxylic acid groups (broad SMARTS) is 1. The van der Waals surface area contributed by atoms with Crippen molar-refractivity contribution in [3.63, 3.8) is 0 Å². The quantitative estimate of drug-likeness (QED) is 0.877. The number of ether oxygens (including phenoxy) is 1. The first-order chi connectivity index (χ1) is 10.9. The largest absolute Gasteiger partial charge is 0.497 e. The highest BCUT2D eigenvalue weighted by Crippen LogP contribution is 2.17. The standard InChI is InChI=1S/C16H19N3O4/c1-11-10-14(16(22)18(2)9-8-15(20)21)17-19(11)12-4-6-13(23-3)7-5-12/h4-7,10H,8-9H2,1-3H3,(H,20,21). The Morgan fingerprint density at radius 1 is 1.30 bits per heavy atom. The van der Waals surface area contributed by atoms with Crippen LogP contribution >= 0.6 is 0 Å². The molecule has 0 saturated heterocycles. The van der Waals surface area contributed by atoms with E-state index in [9.17, 15) is 9.59 Å². The molecule has 1 N–H and O–H groups in total. The van der Waals surface area contributed by atoms with Crippen LogP contribution in [0.25, 0.3) is 5.69 Å². The molecule has 1 aromatic carbocycles. The Morgan fingerprint density at radius 3 is 2.52 bits per heavy atom. The monoisotopic (exact) mass is 317 g/mol. The number of carbonyl (C=O) groups excluding carboxylic acids is 1. The zero-order valence-electron chi connectivity index (χ0n) is 13.3. The lowest BCUT2D eigenvalue weighted by Crippen LogP contribution is -2.29. The Bertz CT molecular complexity index is 707. The molecule has 0 saturated carbocycles. The van der Waals surface area contributed by atoms with E-state index < -0.39 is 5.97 Å². The fourth-order valence-electron chi connectivity index (χ4n) is 2.12. The Balaban J connectivity index is 2.19. The van der Waals surface area contributed by atoms with Gasteiger partial charge in [-0.2, -0.15) is 5.10 Å². The lowest BCUT2D eigenvalue weighted by Gasteiger charge is -2.14. The molecule has 1 aromatic heterocycles. The van der Waals surface area contributed by atoms with Crippen molar-refractivity contribution in [1.29, 1.82) is 0 Å². The van der Waals surface area contributed by atoms with Crippen molar-refractivity contribution in [2.45, 2.75) is 13.3 Å². The first-order valence-electron chi connectivity index (χ1n) is 7.10. The van der Waals surface area contributed by atoms with Crippen LogP contribution in [0.15, 0.2) is 30.3 Å². The highest BCUT2D eigenvalue weighted by molar-refractivity contribution is 5.92. The maximum absolute atomic E-state index is 12.3. The summed E-state index contributed by atoms with van der Waals surface area (Å²) < 4.78 is 6.78. The predicted molar refractivity (Wildman–Crippen MR) is 84.1 cm³/mol. The van der Waals surface area contributed by atoms with Gasteiger partial charge in [0, 0.05) is 19.3 Å². The fraction of sp³-hybridized carbons (Fsp3) is 0.312. The smallest absolute Gasteiger partial charge is 0.305 e. The van der Waals surface area contributed by atoms with E-state index in [0.717, 1.165) is 17.1 Å². The Labute approximate surface area is 134 Å². The second kappa shape index (κ2) is 6.95. The summed E-state index contributed by atoms with van der Waals surface area (Å²) in [4.78, 5) is 24.2. The van der Waals surface area contributed by atoms with Crippen molar-refractivity contribution in [3.05, 3.63) is 41.7 Å². The average molecular weight is 317 g/mol. The molecule has 122 valence electrons. The van der Waals surface area contributed by atoms with E-state index in [0.29, 0.717) is 0 Å². The minimum atomic E-state index is -0.940. The lowest BCUT2D eigenvalue weighted by molar-refractivity contribution is -0.137. The van der Waals surface area contributed by atoms with Crippen molar-refractivity contribution in [3.8, 4) is 11.4 Å². The fourth-order valence-corrected chi connectivity index (χ4v) is 2.12. The van der Waals surface area contributed by atoms with Crippen LogP contribution in [-0.2, 0) is 4.79 Å². The molecule has 0 radical (unpaired) electrons. The number of hydrogen-bond donors (Lipinski definition) is 1. The van der Waals surface area contributed by atoms with Crippen molar-refractivity contribution >= 4 is 11.9 Å². The zero-order chi connectivity index (χ0) is 17.0. The van der Waals surface area contributed by atoms with E-state index in [1.54, 1.807) is 24.9 Å². The van der Waals surface area contributed by atoms with Gasteiger partial charge in [0.15, 0.2) is 5.69 Å². The van der Waals surface area contributed by atoms with Gasteiger partial charge in [0.2, 0.25) is 0 Å². The van der Waals surface area contributed by atoms with Crippen LogP contribution in [0.3, 0.4) is 0 Å². The molecule has 0 aliphatic heterocycles. The molecule has 1 heterocycles. The molecule has 23 heavy (non-hydrogen) atoms. The van der Waals surface area contributed by atoms with Crippen molar-refractivity contribution in [1.82, 2.24) is 14.7 Å². The Morgan fingerprint density at radius 2 is 1.96 bits per heavy atom. The SMILES string of the molecule is COc1ccc(-n2nc(C(=O)N(C)CCC(=O)O)cc2C)cc1. The molecule has 0 fully saturated rings. The third-order valence-electron chi connectivity index (χ3n) is 3.43. The Hall–Kier alpha value is -2.83. The molecule has 0 aliphatic carbocycles. The molecule has 7 nitrogen and oxygen atoms in total. The highest BCUT2D eigenvalue weighted by Gasteiger charge is 2.17. The molecule has 7 heteroatoms. The van der Waals surface area contributed by atoms with Crippen molar-refractivity contribution < 1.29 is 19.4 Å². The minimum Gasteiger partial charge on any atom is -0.497 e. The molecular formula is C16H19N3O4. The summed E-state index contributed by atoms with van der Waals surface area (Å²) in [6.45, 7) is 1.99. The van der Waals surface area contributed by atoms with Gasteiger partial charge in [-0.3, -0.25) is 9.59 Å². The van der Waals surface area contributed by atoms with E-state index in [4.69, 9.17) is 9.84 Å². The van der Waals surface area contributed by atoms with Crippen LogP contribution in [0.1, 0.15) is 22.6 Å². The van der Waals surface area contributed by atoms with Crippen molar-refractivity contribution in [2.24, 2.45) is 0 Å². The van der Waals surface area contributed by atoms with Crippen LogP contribution in [0, 0.1) is 6.92 Å². The number of methoxy groups -OCH3 is 1. The number of hydrogen-bond acceptors (Lipinski definition) is 4. The lowest BCUT2D eigenvalue weighted by atomic mass is 10.3. The summed E-state index contributed by atoms with van der Waals surface area (Å²) >= 11 is 0. The number of carbonyl (C=O) groups is 2. The van der Waals surface area contributed by atoms with Gasteiger partial charge in [-0.05, 0) is 37.3 Å². The van der Waals surface area contributed by atoms with E-state index in [1.165, 1.54) is 4.90 Å². The second-order valence-corrected chi connectivity index (χ2v) is 5.15. The summed E-state index contributed by atoms with van der Waals surface area (Å²) in [5.41, 5.74) is 1.91. The van der Waals surface area contributed by atoms with E-state index in [2.05, 4.69) is 5.10 Å². The molecule has 0 spiro atoms. The maximum Gasteiger partial charge on any atom is 0.305 e.